The Bertz CT molecular complexity index is 562. The number of phenols is 1. The van der Waals surface area contributed by atoms with Crippen LogP contribution in [0.2, 0.25) is 0 Å². The standard InChI is InChI=1S/C21H31O3Si/c1-2-3-4-7-16(22)9-10-17-18-11-14-6-5-8-20(23)19(14)12-15(18)13-21(17)24-25/h5-6,8,15-18,21-23H,2-4,7,9-13H2,1H3/t15-,16-,17+,18-,21+/m0/s1. The van der Waals surface area contributed by atoms with Gasteiger partial charge < -0.3 is 14.6 Å². The fraction of sp³-hybridized carbons (Fsp3) is 0.714. The van der Waals surface area contributed by atoms with Gasteiger partial charge in [0, 0.05) is 6.10 Å². The van der Waals surface area contributed by atoms with Crippen LogP contribution in [0, 0.1) is 17.8 Å². The molecule has 1 aromatic carbocycles. The lowest BCUT2D eigenvalue weighted by molar-refractivity contribution is 0.105. The summed E-state index contributed by atoms with van der Waals surface area (Å²) in [6, 6.07) is 5.91. The van der Waals surface area contributed by atoms with Crippen LogP contribution in [0.15, 0.2) is 18.2 Å². The van der Waals surface area contributed by atoms with Gasteiger partial charge >= 0.3 is 0 Å². The van der Waals surface area contributed by atoms with E-state index in [2.05, 4.69) is 23.5 Å². The third-order valence-corrected chi connectivity index (χ3v) is 6.77. The number of aliphatic hydroxyl groups excluding tert-OH is 1. The van der Waals surface area contributed by atoms with Gasteiger partial charge in [-0.05, 0) is 73.5 Å². The monoisotopic (exact) mass is 359 g/mol. The Kier molecular flexibility index (Phi) is 6.59. The number of phenolic OH excluding ortho intramolecular Hbond substituents is 1. The maximum atomic E-state index is 10.3. The van der Waals surface area contributed by atoms with E-state index < -0.39 is 0 Å². The second kappa shape index (κ2) is 8.70. The highest BCUT2D eigenvalue weighted by Gasteiger charge is 2.45. The average Bonchev–Trinajstić information content (AvgIpc) is 2.96. The minimum atomic E-state index is -0.180. The van der Waals surface area contributed by atoms with E-state index in [1.54, 1.807) is 6.07 Å². The van der Waals surface area contributed by atoms with Crippen LogP contribution in [-0.4, -0.2) is 32.9 Å². The van der Waals surface area contributed by atoms with E-state index in [4.69, 9.17) is 4.43 Å². The van der Waals surface area contributed by atoms with Gasteiger partial charge in [0.2, 0.25) is 10.5 Å². The lowest BCUT2D eigenvalue weighted by atomic mass is 9.73. The van der Waals surface area contributed by atoms with Crippen molar-refractivity contribution in [1.29, 1.82) is 0 Å². The van der Waals surface area contributed by atoms with Gasteiger partial charge in [-0.1, -0.05) is 38.3 Å². The highest BCUT2D eigenvalue weighted by Crippen LogP contribution is 2.49. The summed E-state index contributed by atoms with van der Waals surface area (Å²) in [5.74, 6) is 2.10. The fourth-order valence-electron chi connectivity index (χ4n) is 5.08. The summed E-state index contributed by atoms with van der Waals surface area (Å²) < 4.78 is 5.64. The molecule has 0 heterocycles. The molecule has 3 nitrogen and oxygen atoms in total. The van der Waals surface area contributed by atoms with Crippen LogP contribution in [0.5, 0.6) is 5.75 Å². The predicted octanol–water partition coefficient (Wildman–Crippen LogP) is 3.93. The zero-order valence-corrected chi connectivity index (χ0v) is 16.3. The Morgan fingerprint density at radius 3 is 2.84 bits per heavy atom. The van der Waals surface area contributed by atoms with Crippen LogP contribution in [0.25, 0.3) is 0 Å². The van der Waals surface area contributed by atoms with E-state index >= 15 is 0 Å². The highest BCUT2D eigenvalue weighted by atomic mass is 28.2. The molecule has 0 spiro atoms. The van der Waals surface area contributed by atoms with Crippen LogP contribution in [0.3, 0.4) is 0 Å². The Labute approximate surface area is 155 Å². The molecule has 0 aliphatic heterocycles. The van der Waals surface area contributed by atoms with Crippen molar-refractivity contribution in [2.24, 2.45) is 17.8 Å². The quantitative estimate of drug-likeness (QED) is 0.546. The average molecular weight is 360 g/mol. The van der Waals surface area contributed by atoms with Gasteiger partial charge in [-0.3, -0.25) is 0 Å². The molecular formula is C21H31O3Si. The summed E-state index contributed by atoms with van der Waals surface area (Å²) in [6.45, 7) is 2.20. The molecule has 1 saturated carbocycles. The summed E-state index contributed by atoms with van der Waals surface area (Å²) in [5.41, 5.74) is 2.43. The van der Waals surface area contributed by atoms with Crippen molar-refractivity contribution in [2.45, 2.75) is 76.9 Å². The van der Waals surface area contributed by atoms with Crippen molar-refractivity contribution < 1.29 is 14.6 Å². The van der Waals surface area contributed by atoms with E-state index in [0.717, 1.165) is 50.5 Å². The van der Waals surface area contributed by atoms with Crippen molar-refractivity contribution in [3.05, 3.63) is 29.3 Å². The van der Waals surface area contributed by atoms with Crippen LogP contribution >= 0.6 is 0 Å². The minimum absolute atomic E-state index is 0.180. The Balaban J connectivity index is 1.63. The smallest absolute Gasteiger partial charge is 0.246 e. The normalized spacial score (nSPS) is 29.2. The Hall–Kier alpha value is -0.843. The maximum Gasteiger partial charge on any atom is 0.246 e. The molecule has 2 N–H and O–H groups in total. The summed E-state index contributed by atoms with van der Waals surface area (Å²) in [5, 5.41) is 20.5. The van der Waals surface area contributed by atoms with Crippen LogP contribution in [0.4, 0.5) is 0 Å². The molecule has 3 rings (SSSR count). The first kappa shape index (κ1) is 18.9. The largest absolute Gasteiger partial charge is 0.508 e. The molecule has 0 saturated heterocycles. The molecule has 0 amide bonds. The van der Waals surface area contributed by atoms with Crippen molar-refractivity contribution in [3.8, 4) is 5.75 Å². The number of unbranched alkanes of at least 4 members (excludes halogenated alkanes) is 2. The minimum Gasteiger partial charge on any atom is -0.508 e. The van der Waals surface area contributed by atoms with E-state index in [9.17, 15) is 10.2 Å². The van der Waals surface area contributed by atoms with E-state index in [0.29, 0.717) is 23.5 Å². The second-order valence-corrected chi connectivity index (χ2v) is 8.27. The number of aliphatic hydroxyl groups is 1. The van der Waals surface area contributed by atoms with E-state index in [-0.39, 0.29) is 12.2 Å². The van der Waals surface area contributed by atoms with Gasteiger partial charge in [0.25, 0.3) is 0 Å². The summed E-state index contributed by atoms with van der Waals surface area (Å²) in [6.07, 6.45) is 9.40. The number of fused-ring (bicyclic) bond motifs is 2. The molecule has 1 aromatic rings. The third-order valence-electron chi connectivity index (χ3n) is 6.46. The molecule has 1 fully saturated rings. The van der Waals surface area contributed by atoms with Gasteiger partial charge in [0.15, 0.2) is 0 Å². The van der Waals surface area contributed by atoms with Gasteiger partial charge in [-0.15, -0.1) is 0 Å². The van der Waals surface area contributed by atoms with Crippen molar-refractivity contribution in [2.75, 3.05) is 0 Å². The predicted molar refractivity (Wildman–Crippen MR) is 101 cm³/mol. The maximum absolute atomic E-state index is 10.3. The SMILES string of the molecule is CCCCC[C@H](O)CC[C@@H]1[C@H]2Cc3cccc(O)c3C[C@H]2C[C@H]1O[Si]. The fourth-order valence-corrected chi connectivity index (χ4v) is 5.36. The van der Waals surface area contributed by atoms with Gasteiger partial charge in [-0.25, -0.2) is 0 Å². The molecule has 2 aliphatic carbocycles. The molecule has 5 atom stereocenters. The van der Waals surface area contributed by atoms with Gasteiger partial charge in [0.05, 0.1) is 6.10 Å². The van der Waals surface area contributed by atoms with Crippen molar-refractivity contribution >= 4 is 10.5 Å². The molecule has 0 unspecified atom stereocenters. The lowest BCUT2D eigenvalue weighted by Gasteiger charge is -2.32. The first-order valence-electron chi connectivity index (χ1n) is 9.94. The molecule has 0 bridgehead atoms. The van der Waals surface area contributed by atoms with Crippen molar-refractivity contribution in [3.63, 3.8) is 0 Å². The zero-order valence-electron chi connectivity index (χ0n) is 15.3. The van der Waals surface area contributed by atoms with E-state index in [1.165, 1.54) is 18.4 Å². The zero-order chi connectivity index (χ0) is 17.8. The number of benzene rings is 1. The molecule has 0 aromatic heterocycles. The second-order valence-electron chi connectivity index (χ2n) is 8.03. The molecule has 4 heteroatoms. The van der Waals surface area contributed by atoms with Gasteiger partial charge in [0.1, 0.15) is 5.75 Å². The van der Waals surface area contributed by atoms with Crippen LogP contribution < -0.4 is 0 Å². The Morgan fingerprint density at radius 2 is 2.08 bits per heavy atom. The summed E-state index contributed by atoms with van der Waals surface area (Å²) in [7, 11) is 3.30. The molecule has 3 radical (unpaired) electrons. The van der Waals surface area contributed by atoms with Crippen LogP contribution in [-0.2, 0) is 17.3 Å². The van der Waals surface area contributed by atoms with Crippen LogP contribution in [0.1, 0.15) is 63.0 Å². The number of aromatic hydroxyl groups is 1. The number of hydrogen-bond donors (Lipinski definition) is 2. The third kappa shape index (κ3) is 4.29. The van der Waals surface area contributed by atoms with Crippen molar-refractivity contribution in [1.82, 2.24) is 0 Å². The summed E-state index contributed by atoms with van der Waals surface area (Å²) in [4.78, 5) is 0. The van der Waals surface area contributed by atoms with E-state index in [1.807, 2.05) is 6.07 Å². The highest BCUT2D eigenvalue weighted by molar-refractivity contribution is 5.98. The topological polar surface area (TPSA) is 49.7 Å². The molecule has 2 aliphatic rings. The van der Waals surface area contributed by atoms with Gasteiger partial charge in [-0.2, -0.15) is 0 Å². The first-order valence-corrected chi connectivity index (χ1v) is 10.3. The molecular weight excluding hydrogens is 328 g/mol. The summed E-state index contributed by atoms with van der Waals surface area (Å²) >= 11 is 0. The number of hydrogen-bond acceptors (Lipinski definition) is 3. The molecule has 25 heavy (non-hydrogen) atoms. The first-order chi connectivity index (χ1) is 12.1. The lowest BCUT2D eigenvalue weighted by Crippen LogP contribution is -2.28. The molecule has 137 valence electrons. The Morgan fingerprint density at radius 1 is 1.24 bits per heavy atom. The number of rotatable bonds is 8.